The van der Waals surface area contributed by atoms with Crippen LogP contribution in [0.3, 0.4) is 0 Å². The molecule has 0 amide bonds. The van der Waals surface area contributed by atoms with Gasteiger partial charge in [0.25, 0.3) is 0 Å². The highest BCUT2D eigenvalue weighted by Gasteiger charge is 2.32. The lowest BCUT2D eigenvalue weighted by Crippen LogP contribution is -2.46. The second kappa shape index (κ2) is 6.99. The average Bonchev–Trinajstić information content (AvgIpc) is 3.00. The Hall–Kier alpha value is -0.100. The van der Waals surface area contributed by atoms with Crippen LogP contribution in [-0.2, 0) is 0 Å². The summed E-state index contributed by atoms with van der Waals surface area (Å²) in [6.07, 6.45) is 5.36. The van der Waals surface area contributed by atoms with E-state index >= 15 is 0 Å². The fraction of sp³-hybridized carbons (Fsp3) is 0.625. The zero-order chi connectivity index (χ0) is 14.8. The van der Waals surface area contributed by atoms with Gasteiger partial charge in [0, 0.05) is 32.2 Å². The van der Waals surface area contributed by atoms with Crippen LogP contribution in [0.1, 0.15) is 37.3 Å². The largest absolute Gasteiger partial charge is 0.506 e. The number of nitrogens with one attached hydrogen (secondary N) is 1. The molecule has 2 fully saturated rings. The summed E-state index contributed by atoms with van der Waals surface area (Å²) in [5, 5.41) is 13.4. The third-order valence-electron chi connectivity index (χ3n) is 4.77. The smallest absolute Gasteiger partial charge is 0.143 e. The molecule has 21 heavy (non-hydrogen) atoms. The summed E-state index contributed by atoms with van der Waals surface area (Å²) in [5.41, 5.74) is 1.32. The van der Waals surface area contributed by atoms with Crippen molar-refractivity contribution in [1.29, 1.82) is 0 Å². The predicted octanol–water partition coefficient (Wildman–Crippen LogP) is 4.05. The van der Waals surface area contributed by atoms with E-state index in [1.807, 2.05) is 0 Å². The lowest BCUT2D eigenvalue weighted by molar-refractivity contribution is 0.125. The van der Waals surface area contributed by atoms with Gasteiger partial charge in [-0.15, -0.1) is 0 Å². The Labute approximate surface area is 143 Å². The van der Waals surface area contributed by atoms with Crippen LogP contribution in [0.4, 0.5) is 0 Å². The first-order chi connectivity index (χ1) is 10.2. The van der Waals surface area contributed by atoms with Crippen molar-refractivity contribution in [2.45, 2.75) is 31.7 Å². The summed E-state index contributed by atoms with van der Waals surface area (Å²) in [6, 6.07) is 4.68. The molecule has 2 N–H and O–H groups in total. The molecular weight excluding hydrogens is 396 g/mol. The van der Waals surface area contributed by atoms with E-state index < -0.39 is 0 Å². The van der Waals surface area contributed by atoms with Crippen molar-refractivity contribution in [3.8, 4) is 5.75 Å². The third kappa shape index (κ3) is 3.46. The number of hydrogen-bond donors (Lipinski definition) is 2. The van der Waals surface area contributed by atoms with Crippen molar-refractivity contribution in [1.82, 2.24) is 10.2 Å². The summed E-state index contributed by atoms with van der Waals surface area (Å²) in [6.45, 7) is 4.36. The van der Waals surface area contributed by atoms with Gasteiger partial charge in [-0.1, -0.05) is 12.8 Å². The SMILES string of the molecule is Oc1c(Br)cc([C@@H](C2CCCC2)N2CCNCC2)cc1Br. The van der Waals surface area contributed by atoms with E-state index in [1.54, 1.807) is 0 Å². The van der Waals surface area contributed by atoms with Crippen molar-refractivity contribution in [3.63, 3.8) is 0 Å². The van der Waals surface area contributed by atoms with Gasteiger partial charge >= 0.3 is 0 Å². The quantitative estimate of drug-likeness (QED) is 0.778. The monoisotopic (exact) mass is 416 g/mol. The first kappa shape index (κ1) is 15.8. The third-order valence-corrected chi connectivity index (χ3v) is 5.98. The highest BCUT2D eigenvalue weighted by Crippen LogP contribution is 2.43. The molecular formula is C16H22Br2N2O. The molecule has 0 unspecified atom stereocenters. The van der Waals surface area contributed by atoms with Gasteiger partial charge in [0.2, 0.25) is 0 Å². The predicted molar refractivity (Wildman–Crippen MR) is 92.6 cm³/mol. The molecule has 1 aromatic carbocycles. The van der Waals surface area contributed by atoms with E-state index in [4.69, 9.17) is 0 Å². The number of rotatable bonds is 3. The topological polar surface area (TPSA) is 35.5 Å². The Morgan fingerprint density at radius 1 is 1.10 bits per heavy atom. The fourth-order valence-electron chi connectivity index (χ4n) is 3.77. The number of piperazine rings is 1. The summed E-state index contributed by atoms with van der Waals surface area (Å²) in [4.78, 5) is 2.62. The number of halogens is 2. The van der Waals surface area contributed by atoms with Crippen LogP contribution in [-0.4, -0.2) is 36.2 Å². The Bertz CT molecular complexity index is 474. The maximum absolute atomic E-state index is 9.97. The van der Waals surface area contributed by atoms with E-state index in [-0.39, 0.29) is 0 Å². The summed E-state index contributed by atoms with van der Waals surface area (Å²) in [5.74, 6) is 1.04. The minimum absolute atomic E-state index is 0.296. The normalized spacial score (nSPS) is 22.6. The van der Waals surface area contributed by atoms with Crippen molar-refractivity contribution in [2.24, 2.45) is 5.92 Å². The minimum atomic E-state index is 0.296. The Balaban J connectivity index is 1.93. The van der Waals surface area contributed by atoms with Gasteiger partial charge in [0.15, 0.2) is 0 Å². The lowest BCUT2D eigenvalue weighted by Gasteiger charge is -2.39. The minimum Gasteiger partial charge on any atom is -0.506 e. The van der Waals surface area contributed by atoms with Crippen LogP contribution in [0, 0.1) is 5.92 Å². The highest BCUT2D eigenvalue weighted by atomic mass is 79.9. The second-order valence-electron chi connectivity index (χ2n) is 6.11. The molecule has 0 bridgehead atoms. The molecule has 116 valence electrons. The molecule has 2 aliphatic rings. The molecule has 3 nitrogen and oxygen atoms in total. The molecule has 0 aromatic heterocycles. The first-order valence-corrected chi connectivity index (χ1v) is 9.38. The van der Waals surface area contributed by atoms with Crippen LogP contribution in [0.25, 0.3) is 0 Å². The molecule has 1 atom stereocenters. The molecule has 1 aliphatic heterocycles. The van der Waals surface area contributed by atoms with Crippen molar-refractivity contribution in [2.75, 3.05) is 26.2 Å². The van der Waals surface area contributed by atoms with Crippen LogP contribution >= 0.6 is 31.9 Å². The van der Waals surface area contributed by atoms with Gasteiger partial charge in [-0.05, 0) is 68.3 Å². The van der Waals surface area contributed by atoms with Crippen LogP contribution < -0.4 is 5.32 Å². The second-order valence-corrected chi connectivity index (χ2v) is 7.82. The van der Waals surface area contributed by atoms with Crippen LogP contribution in [0.15, 0.2) is 21.1 Å². The number of nitrogens with zero attached hydrogens (tertiary/aromatic N) is 1. The highest BCUT2D eigenvalue weighted by molar-refractivity contribution is 9.11. The summed E-state index contributed by atoms with van der Waals surface area (Å²) in [7, 11) is 0. The van der Waals surface area contributed by atoms with Crippen molar-refractivity contribution in [3.05, 3.63) is 26.6 Å². The van der Waals surface area contributed by atoms with Gasteiger partial charge in [-0.3, -0.25) is 4.90 Å². The Morgan fingerprint density at radius 3 is 2.24 bits per heavy atom. The van der Waals surface area contributed by atoms with E-state index in [1.165, 1.54) is 31.2 Å². The molecule has 0 radical (unpaired) electrons. The number of benzene rings is 1. The molecule has 3 rings (SSSR count). The average molecular weight is 418 g/mol. The number of hydrogen-bond acceptors (Lipinski definition) is 3. The standard InChI is InChI=1S/C16H22Br2N2O/c17-13-9-12(10-14(18)16(13)21)15(11-3-1-2-4-11)20-7-5-19-6-8-20/h9-11,15,19,21H,1-8H2/t15-/m1/s1. The van der Waals surface area contributed by atoms with E-state index in [9.17, 15) is 5.11 Å². The molecule has 1 saturated heterocycles. The van der Waals surface area contributed by atoms with E-state index in [2.05, 4.69) is 54.2 Å². The summed E-state index contributed by atoms with van der Waals surface area (Å²) < 4.78 is 1.56. The maximum Gasteiger partial charge on any atom is 0.143 e. The molecule has 1 aromatic rings. The molecule has 0 spiro atoms. The maximum atomic E-state index is 9.97. The Morgan fingerprint density at radius 2 is 1.67 bits per heavy atom. The Kier molecular flexibility index (Phi) is 5.25. The zero-order valence-electron chi connectivity index (χ0n) is 12.1. The van der Waals surface area contributed by atoms with Gasteiger partial charge < -0.3 is 10.4 Å². The van der Waals surface area contributed by atoms with Crippen LogP contribution in [0.2, 0.25) is 0 Å². The molecule has 1 saturated carbocycles. The van der Waals surface area contributed by atoms with Crippen molar-refractivity contribution < 1.29 is 5.11 Å². The van der Waals surface area contributed by atoms with Crippen LogP contribution in [0.5, 0.6) is 5.75 Å². The molecule has 1 aliphatic carbocycles. The summed E-state index contributed by atoms with van der Waals surface area (Å²) >= 11 is 6.97. The van der Waals surface area contributed by atoms with Crippen molar-refractivity contribution >= 4 is 31.9 Å². The van der Waals surface area contributed by atoms with Gasteiger partial charge in [0.05, 0.1) is 8.95 Å². The molecule has 1 heterocycles. The number of phenols is 1. The van der Waals surface area contributed by atoms with E-state index in [0.29, 0.717) is 11.8 Å². The fourth-order valence-corrected chi connectivity index (χ4v) is 4.99. The van der Waals surface area contributed by atoms with Gasteiger partial charge in [-0.2, -0.15) is 0 Å². The number of aromatic hydroxyl groups is 1. The van der Waals surface area contributed by atoms with Gasteiger partial charge in [0.1, 0.15) is 5.75 Å². The molecule has 5 heteroatoms. The van der Waals surface area contributed by atoms with E-state index in [0.717, 1.165) is 41.0 Å². The zero-order valence-corrected chi connectivity index (χ0v) is 15.3. The first-order valence-electron chi connectivity index (χ1n) is 7.79. The number of phenolic OH excluding ortho intramolecular Hbond substituents is 1. The lowest BCUT2D eigenvalue weighted by atomic mass is 9.89. The van der Waals surface area contributed by atoms with Gasteiger partial charge in [-0.25, -0.2) is 0 Å².